The fourth-order valence-electron chi connectivity index (χ4n) is 0. The monoisotopic (exact) mass is 81.0 g/mol. The zero-order chi connectivity index (χ0) is 3.58. The molecule has 0 aromatic heterocycles. The molecule has 0 aromatic carbocycles. The summed E-state index contributed by atoms with van der Waals surface area (Å²) in [6.07, 6.45) is 0. The zero-order valence-corrected chi connectivity index (χ0v) is 3.26. The third-order valence-electron chi connectivity index (χ3n) is 0. The van der Waals surface area contributed by atoms with Gasteiger partial charge >= 0.3 is 20.7 Å². The van der Waals surface area contributed by atoms with Crippen molar-refractivity contribution in [1.29, 1.82) is 0 Å². The van der Waals surface area contributed by atoms with Gasteiger partial charge in [-0.15, -0.1) is 0 Å². The lowest BCUT2D eigenvalue weighted by atomic mass is 18.5. The Hall–Kier alpha value is 0.556. The van der Waals surface area contributed by atoms with Gasteiger partial charge in [-0.3, -0.25) is 0 Å². The molecule has 0 atom stereocenters. The fraction of sp³-hybridized carbons (Fsp3) is 0. The molecule has 0 saturated heterocycles. The van der Waals surface area contributed by atoms with Crippen molar-refractivity contribution in [2.24, 2.45) is 0 Å². The summed E-state index contributed by atoms with van der Waals surface area (Å²) in [5.74, 6) is 0. The van der Waals surface area contributed by atoms with E-state index in [0.29, 0.717) is 0 Å². The van der Waals surface area contributed by atoms with Gasteiger partial charge in [0, 0.05) is 0 Å². The third-order valence-corrected chi connectivity index (χ3v) is 0. The molecule has 0 spiro atoms. The molecule has 0 aliphatic carbocycles. The molecule has 0 aromatic rings. The first-order chi connectivity index (χ1) is 1.73. The van der Waals surface area contributed by atoms with Crippen LogP contribution >= 0.6 is 0 Å². The Balaban J connectivity index is 2.32. The van der Waals surface area contributed by atoms with Crippen LogP contribution in [0.15, 0.2) is 0 Å². The largest absolute Gasteiger partial charge is 1.17 e. The maximum Gasteiger partial charge on any atom is 1.17 e. The summed E-state index contributed by atoms with van der Waals surface area (Å²) in [7, 11) is 0. The topological polar surface area (TPSA) is 0 Å². The van der Waals surface area contributed by atoms with Crippen LogP contribution in [0.5, 0.6) is 0 Å². The van der Waals surface area contributed by atoms with E-state index in [9.17, 15) is 8.87 Å². The molecule has 3 radical (unpaired) electrons. The highest BCUT2D eigenvalue weighted by Gasteiger charge is 2.29. The lowest BCUT2D eigenvalue weighted by Gasteiger charge is -1.51. The van der Waals surface area contributed by atoms with Crippen molar-refractivity contribution in [2.75, 3.05) is 0 Å². The van der Waals surface area contributed by atoms with Gasteiger partial charge in [0.2, 0.25) is 0 Å². The second kappa shape index (κ2) is 1.84. The van der Waals surface area contributed by atoms with Crippen molar-refractivity contribution >= 4 is 20.7 Å². The van der Waals surface area contributed by atoms with Gasteiger partial charge in [0.1, 0.15) is 0 Å². The maximum absolute atomic E-state index is 9.84. The highest BCUT2D eigenvalue weighted by Crippen LogP contribution is 1.80. The molecule has 0 aliphatic rings. The number of hydrogen-bond acceptors (Lipinski definition) is 0. The molecule has 4 heavy (non-hydrogen) atoms. The van der Waals surface area contributed by atoms with E-state index >= 15 is 0 Å². The maximum atomic E-state index is 9.84. The Kier molecular flexibility index (Phi) is 2.09. The standard InChI is InChI=1S/3FH.Mg/h3*1H;/q;;;+3/p-3. The third kappa shape index (κ3) is 20.0. The minimum absolute atomic E-state index is 4.90. The van der Waals surface area contributed by atoms with Gasteiger partial charge in [-0.1, -0.05) is 0 Å². The number of hydrogen-bond donors (Lipinski definition) is 0. The first-order valence-electron chi connectivity index (χ1n) is 0.802. The average Bonchev–Trinajstić information content (AvgIpc) is 0.811. The van der Waals surface area contributed by atoms with Crippen molar-refractivity contribution < 1.29 is 8.87 Å². The van der Waals surface area contributed by atoms with Crippen LogP contribution < -0.4 is 0 Å². The van der Waals surface area contributed by atoms with Crippen LogP contribution in [0.4, 0.5) is 8.87 Å². The molecule has 0 amide bonds. The van der Waals surface area contributed by atoms with Crippen molar-refractivity contribution in [3.8, 4) is 0 Å². The van der Waals surface area contributed by atoms with Gasteiger partial charge in [0.25, 0.3) is 0 Å². The Morgan fingerprint density at radius 2 is 1.00 bits per heavy atom. The van der Waals surface area contributed by atoms with E-state index in [4.69, 9.17) is 0 Å². The SMILES string of the molecule is [F][Mg]([F])[F]. The lowest BCUT2D eigenvalue weighted by molar-refractivity contribution is 0.535. The van der Waals surface area contributed by atoms with Crippen LogP contribution in [0.1, 0.15) is 0 Å². The van der Waals surface area contributed by atoms with E-state index in [0.717, 1.165) is 0 Å². The molecule has 0 saturated carbocycles. The first kappa shape index (κ1) is 4.56. The molecule has 0 nitrogen and oxygen atoms in total. The molecule has 0 unspecified atom stereocenters. The molecule has 0 aliphatic heterocycles. The molecule has 0 rings (SSSR count). The zero-order valence-electron chi connectivity index (χ0n) is 1.84. The summed E-state index contributed by atoms with van der Waals surface area (Å²) in [4.78, 5) is 0. The summed E-state index contributed by atoms with van der Waals surface area (Å²) in [5.41, 5.74) is 0. The molecule has 0 N–H and O–H groups in total. The quantitative estimate of drug-likeness (QED) is 0.380. The van der Waals surface area contributed by atoms with Crippen LogP contribution in [-0.2, 0) is 0 Å². The van der Waals surface area contributed by atoms with Gasteiger partial charge in [0.15, 0.2) is 0 Å². The Labute approximate surface area is 30.2 Å². The molecule has 0 bridgehead atoms. The van der Waals surface area contributed by atoms with Crippen LogP contribution in [-0.4, -0.2) is 20.7 Å². The average molecular weight is 81.3 g/mol. The predicted octanol–water partition coefficient (Wildman–Crippen LogP) is 0.880. The van der Waals surface area contributed by atoms with E-state index in [-0.39, 0.29) is 0 Å². The summed E-state index contributed by atoms with van der Waals surface area (Å²) in [5, 5.41) is 0. The molecule has 23 valence electrons. The van der Waals surface area contributed by atoms with Crippen molar-refractivity contribution in [3.63, 3.8) is 0 Å². The predicted molar refractivity (Wildman–Crippen MR) is 9.08 cm³/mol. The highest BCUT2D eigenvalue weighted by atomic mass is 24.8. The fourth-order valence-corrected chi connectivity index (χ4v) is 0. The van der Waals surface area contributed by atoms with E-state index in [1.165, 1.54) is 0 Å². The lowest BCUT2D eigenvalue weighted by Crippen LogP contribution is -1.76. The normalized spacial score (nSPS) is 9.00. The summed E-state index contributed by atoms with van der Waals surface area (Å²) >= 11 is -4.90. The van der Waals surface area contributed by atoms with Gasteiger partial charge in [-0.05, 0) is 0 Å². The Morgan fingerprint density at radius 3 is 1.00 bits per heavy atom. The van der Waals surface area contributed by atoms with Crippen LogP contribution in [0.25, 0.3) is 0 Å². The van der Waals surface area contributed by atoms with Gasteiger partial charge in [-0.2, -0.15) is 0 Å². The minimum atomic E-state index is -4.90. The van der Waals surface area contributed by atoms with E-state index in [1.54, 1.807) is 0 Å². The summed E-state index contributed by atoms with van der Waals surface area (Å²) < 4.78 is 29.5. The van der Waals surface area contributed by atoms with E-state index in [2.05, 4.69) is 0 Å². The van der Waals surface area contributed by atoms with E-state index in [1.807, 2.05) is 0 Å². The second-order valence-corrected chi connectivity index (χ2v) is 0.909. The smallest absolute Gasteiger partial charge is 0.390 e. The Bertz CT molecular complexity index is 8.00. The van der Waals surface area contributed by atoms with Crippen molar-refractivity contribution in [1.82, 2.24) is 0 Å². The van der Waals surface area contributed by atoms with Gasteiger partial charge in [-0.25, -0.2) is 0 Å². The molecular formula is F3Mg. The van der Waals surface area contributed by atoms with E-state index < -0.39 is 20.7 Å². The molecule has 4 heteroatoms. The molecule has 0 fully saturated rings. The van der Waals surface area contributed by atoms with Crippen LogP contribution in [0, 0.1) is 0 Å². The molecular weight excluding hydrogens is 81.3 g/mol. The summed E-state index contributed by atoms with van der Waals surface area (Å²) in [6.45, 7) is 0. The van der Waals surface area contributed by atoms with Crippen molar-refractivity contribution in [2.45, 2.75) is 0 Å². The summed E-state index contributed by atoms with van der Waals surface area (Å²) in [6, 6.07) is 0. The van der Waals surface area contributed by atoms with Crippen LogP contribution in [0.3, 0.4) is 0 Å². The number of rotatable bonds is 0. The Morgan fingerprint density at radius 1 is 1.00 bits per heavy atom. The minimum Gasteiger partial charge on any atom is -0.390 e. The second-order valence-electron chi connectivity index (χ2n) is 0.303. The van der Waals surface area contributed by atoms with Crippen molar-refractivity contribution in [3.05, 3.63) is 0 Å². The van der Waals surface area contributed by atoms with Crippen LogP contribution in [0.2, 0.25) is 0 Å². The highest BCUT2D eigenvalue weighted by molar-refractivity contribution is 6.33. The van der Waals surface area contributed by atoms with Gasteiger partial charge in [0.05, 0.1) is 0 Å². The number of halogens is 3. The van der Waals surface area contributed by atoms with Gasteiger partial charge < -0.3 is 8.87 Å². The first-order valence-corrected chi connectivity index (χ1v) is 2.41. The molecule has 0 heterocycles.